The standard InChI is InChI=1S/C15H17N3O/c1-10-6-7-14(16-3)12(9-10)15(19)18-13-5-4-8-17-11(13)2/h4-9,16H,1-3H3,(H,18,19). The number of pyridine rings is 1. The Hall–Kier alpha value is -2.36. The smallest absolute Gasteiger partial charge is 0.257 e. The second-order valence-corrected chi connectivity index (χ2v) is 4.39. The van der Waals surface area contributed by atoms with E-state index in [1.807, 2.05) is 38.1 Å². The number of carbonyl (C=O) groups is 1. The molecular formula is C15H17N3O. The molecular weight excluding hydrogens is 238 g/mol. The molecule has 0 atom stereocenters. The van der Waals surface area contributed by atoms with Gasteiger partial charge in [-0.1, -0.05) is 11.6 Å². The van der Waals surface area contributed by atoms with Gasteiger partial charge in [0.2, 0.25) is 0 Å². The summed E-state index contributed by atoms with van der Waals surface area (Å²) in [6.45, 7) is 3.83. The highest BCUT2D eigenvalue weighted by molar-refractivity contribution is 6.08. The first-order valence-corrected chi connectivity index (χ1v) is 6.13. The Bertz CT molecular complexity index is 608. The fraction of sp³-hybridized carbons (Fsp3) is 0.200. The summed E-state index contributed by atoms with van der Waals surface area (Å²) in [5, 5.41) is 5.91. The van der Waals surface area contributed by atoms with Gasteiger partial charge in [0.15, 0.2) is 0 Å². The second kappa shape index (κ2) is 5.52. The van der Waals surface area contributed by atoms with Crippen LogP contribution in [0.25, 0.3) is 0 Å². The van der Waals surface area contributed by atoms with Crippen molar-refractivity contribution in [2.24, 2.45) is 0 Å². The highest BCUT2D eigenvalue weighted by Gasteiger charge is 2.12. The largest absolute Gasteiger partial charge is 0.387 e. The number of hydrogen-bond acceptors (Lipinski definition) is 3. The molecule has 0 saturated heterocycles. The highest BCUT2D eigenvalue weighted by atomic mass is 16.1. The Kier molecular flexibility index (Phi) is 3.80. The molecule has 0 aliphatic heterocycles. The Balaban J connectivity index is 2.30. The van der Waals surface area contributed by atoms with E-state index in [1.54, 1.807) is 19.3 Å². The number of hydrogen-bond donors (Lipinski definition) is 2. The van der Waals surface area contributed by atoms with Crippen LogP contribution < -0.4 is 10.6 Å². The summed E-state index contributed by atoms with van der Waals surface area (Å²) in [7, 11) is 1.80. The number of rotatable bonds is 3. The number of benzene rings is 1. The van der Waals surface area contributed by atoms with Crippen molar-refractivity contribution < 1.29 is 4.79 Å². The molecule has 2 rings (SSSR count). The van der Waals surface area contributed by atoms with Crippen molar-refractivity contribution in [1.29, 1.82) is 0 Å². The summed E-state index contributed by atoms with van der Waals surface area (Å²) in [5.74, 6) is -0.135. The molecule has 0 aliphatic rings. The van der Waals surface area contributed by atoms with Crippen molar-refractivity contribution in [1.82, 2.24) is 4.98 Å². The first kappa shape index (κ1) is 13.1. The van der Waals surface area contributed by atoms with Crippen LogP contribution in [-0.4, -0.2) is 17.9 Å². The molecule has 0 spiro atoms. The normalized spacial score (nSPS) is 10.1. The van der Waals surface area contributed by atoms with Gasteiger partial charge in [0, 0.05) is 18.9 Å². The lowest BCUT2D eigenvalue weighted by Gasteiger charge is -2.11. The SMILES string of the molecule is CNc1ccc(C)cc1C(=O)Nc1cccnc1C. The topological polar surface area (TPSA) is 54.0 Å². The van der Waals surface area contributed by atoms with Gasteiger partial charge in [-0.3, -0.25) is 9.78 Å². The predicted molar refractivity (Wildman–Crippen MR) is 77.7 cm³/mol. The second-order valence-electron chi connectivity index (χ2n) is 4.39. The third kappa shape index (κ3) is 2.91. The number of carbonyl (C=O) groups excluding carboxylic acids is 1. The summed E-state index contributed by atoms with van der Waals surface area (Å²) in [6, 6.07) is 9.39. The van der Waals surface area contributed by atoms with Gasteiger partial charge in [0.1, 0.15) is 0 Å². The Labute approximate surface area is 112 Å². The predicted octanol–water partition coefficient (Wildman–Crippen LogP) is 2.99. The zero-order valence-electron chi connectivity index (χ0n) is 11.3. The molecule has 0 bridgehead atoms. The summed E-state index contributed by atoms with van der Waals surface area (Å²) in [5.41, 5.74) is 4.02. The number of anilines is 2. The zero-order valence-corrected chi connectivity index (χ0v) is 11.3. The summed E-state index contributed by atoms with van der Waals surface area (Å²) < 4.78 is 0. The van der Waals surface area contributed by atoms with Crippen molar-refractivity contribution in [2.75, 3.05) is 17.7 Å². The Morgan fingerprint density at radius 3 is 2.63 bits per heavy atom. The van der Waals surface area contributed by atoms with Crippen LogP contribution in [0.4, 0.5) is 11.4 Å². The van der Waals surface area contributed by atoms with Crippen molar-refractivity contribution in [3.05, 3.63) is 53.3 Å². The average molecular weight is 255 g/mol. The summed E-state index contributed by atoms with van der Waals surface area (Å²) in [6.07, 6.45) is 1.71. The molecule has 4 nitrogen and oxygen atoms in total. The lowest BCUT2D eigenvalue weighted by Crippen LogP contribution is -2.15. The molecule has 0 saturated carbocycles. The van der Waals surface area contributed by atoms with E-state index >= 15 is 0 Å². The van der Waals surface area contributed by atoms with Crippen molar-refractivity contribution >= 4 is 17.3 Å². The van der Waals surface area contributed by atoms with Crippen LogP contribution in [0.1, 0.15) is 21.6 Å². The van der Waals surface area contributed by atoms with E-state index in [4.69, 9.17) is 0 Å². The third-order valence-corrected chi connectivity index (χ3v) is 2.94. The minimum atomic E-state index is -0.135. The maximum atomic E-state index is 12.3. The van der Waals surface area contributed by atoms with E-state index in [-0.39, 0.29) is 5.91 Å². The van der Waals surface area contributed by atoms with E-state index in [0.29, 0.717) is 5.56 Å². The van der Waals surface area contributed by atoms with Gasteiger partial charge in [-0.15, -0.1) is 0 Å². The first-order chi connectivity index (χ1) is 9.11. The van der Waals surface area contributed by atoms with Gasteiger partial charge < -0.3 is 10.6 Å². The third-order valence-electron chi connectivity index (χ3n) is 2.94. The van der Waals surface area contributed by atoms with Gasteiger partial charge >= 0.3 is 0 Å². The maximum absolute atomic E-state index is 12.3. The minimum Gasteiger partial charge on any atom is -0.387 e. The molecule has 0 fully saturated rings. The van der Waals surface area contributed by atoms with Gasteiger partial charge in [0.25, 0.3) is 5.91 Å². The van der Waals surface area contributed by atoms with Crippen LogP contribution in [0.2, 0.25) is 0 Å². The molecule has 2 aromatic rings. The molecule has 0 aliphatic carbocycles. The minimum absolute atomic E-state index is 0.135. The molecule has 1 aromatic heterocycles. The molecule has 0 unspecified atom stereocenters. The monoisotopic (exact) mass is 255 g/mol. The number of aromatic nitrogens is 1. The molecule has 19 heavy (non-hydrogen) atoms. The van der Waals surface area contributed by atoms with Gasteiger partial charge in [-0.05, 0) is 38.1 Å². The van der Waals surface area contributed by atoms with Gasteiger partial charge in [-0.2, -0.15) is 0 Å². The first-order valence-electron chi connectivity index (χ1n) is 6.13. The molecule has 1 aromatic carbocycles. The van der Waals surface area contributed by atoms with Gasteiger partial charge in [-0.25, -0.2) is 0 Å². The van der Waals surface area contributed by atoms with Crippen molar-refractivity contribution in [3.8, 4) is 0 Å². The Morgan fingerprint density at radius 1 is 1.16 bits per heavy atom. The number of aryl methyl sites for hydroxylation is 2. The van der Waals surface area contributed by atoms with E-state index in [9.17, 15) is 4.79 Å². The van der Waals surface area contributed by atoms with E-state index in [0.717, 1.165) is 22.6 Å². The lowest BCUT2D eigenvalue weighted by molar-refractivity contribution is 0.102. The van der Waals surface area contributed by atoms with Gasteiger partial charge in [0.05, 0.1) is 16.9 Å². The quantitative estimate of drug-likeness (QED) is 0.886. The number of amides is 1. The van der Waals surface area contributed by atoms with Crippen LogP contribution in [0.5, 0.6) is 0 Å². The van der Waals surface area contributed by atoms with Crippen molar-refractivity contribution in [3.63, 3.8) is 0 Å². The van der Waals surface area contributed by atoms with Crippen molar-refractivity contribution in [2.45, 2.75) is 13.8 Å². The fourth-order valence-electron chi connectivity index (χ4n) is 1.87. The molecule has 98 valence electrons. The van der Waals surface area contributed by atoms with Crippen LogP contribution in [0, 0.1) is 13.8 Å². The molecule has 2 N–H and O–H groups in total. The average Bonchev–Trinajstić information content (AvgIpc) is 2.41. The maximum Gasteiger partial charge on any atom is 0.257 e. The lowest BCUT2D eigenvalue weighted by atomic mass is 10.1. The van der Waals surface area contributed by atoms with E-state index < -0.39 is 0 Å². The zero-order chi connectivity index (χ0) is 13.8. The number of nitrogens with zero attached hydrogens (tertiary/aromatic N) is 1. The van der Waals surface area contributed by atoms with E-state index in [2.05, 4.69) is 15.6 Å². The Morgan fingerprint density at radius 2 is 1.95 bits per heavy atom. The molecule has 4 heteroatoms. The van der Waals surface area contributed by atoms with E-state index in [1.165, 1.54) is 0 Å². The van der Waals surface area contributed by atoms with Crippen LogP contribution >= 0.6 is 0 Å². The van der Waals surface area contributed by atoms with Crippen LogP contribution in [0.3, 0.4) is 0 Å². The van der Waals surface area contributed by atoms with Crippen LogP contribution in [-0.2, 0) is 0 Å². The molecule has 1 amide bonds. The summed E-state index contributed by atoms with van der Waals surface area (Å²) in [4.78, 5) is 16.5. The molecule has 0 radical (unpaired) electrons. The molecule has 1 heterocycles. The highest BCUT2D eigenvalue weighted by Crippen LogP contribution is 2.19. The van der Waals surface area contributed by atoms with Crippen LogP contribution in [0.15, 0.2) is 36.5 Å². The summed E-state index contributed by atoms with van der Waals surface area (Å²) >= 11 is 0. The fourth-order valence-corrected chi connectivity index (χ4v) is 1.87. The number of nitrogens with one attached hydrogen (secondary N) is 2.